The Hall–Kier alpha value is -3.57. The van der Waals surface area contributed by atoms with E-state index in [1.165, 1.54) is 0 Å². The van der Waals surface area contributed by atoms with Gasteiger partial charge in [-0.15, -0.1) is 0 Å². The predicted octanol–water partition coefficient (Wildman–Crippen LogP) is 6.00. The lowest BCUT2D eigenvalue weighted by atomic mass is 10.0. The lowest BCUT2D eigenvalue weighted by molar-refractivity contribution is -0.105. The van der Waals surface area contributed by atoms with Gasteiger partial charge in [-0.25, -0.2) is 0 Å². The Labute approximate surface area is 186 Å². The van der Waals surface area contributed by atoms with Crippen molar-refractivity contribution in [1.82, 2.24) is 5.32 Å². The number of rotatable bonds is 6. The van der Waals surface area contributed by atoms with Crippen LogP contribution in [0.4, 0.5) is 5.69 Å². The smallest absolute Gasteiger partial charge is 0.251 e. The minimum atomic E-state index is -0.00528. The SMILES string of the molecule is CCNC(=O)c1cccc2ccccc12.O=CNc1ccccc1Sc1ccccc1. The van der Waals surface area contributed by atoms with E-state index in [9.17, 15) is 9.59 Å². The Morgan fingerprint density at radius 2 is 1.52 bits per heavy atom. The molecule has 0 fully saturated rings. The molecule has 0 heterocycles. The Morgan fingerprint density at radius 1 is 0.839 bits per heavy atom. The van der Waals surface area contributed by atoms with Crippen molar-refractivity contribution in [2.24, 2.45) is 0 Å². The van der Waals surface area contributed by atoms with E-state index >= 15 is 0 Å². The molecule has 0 unspecified atom stereocenters. The molecule has 0 aliphatic heterocycles. The largest absolute Gasteiger partial charge is 0.352 e. The van der Waals surface area contributed by atoms with Crippen LogP contribution in [0.25, 0.3) is 10.8 Å². The third-order valence-corrected chi connectivity index (χ3v) is 5.53. The second-order valence-electron chi connectivity index (χ2n) is 6.56. The van der Waals surface area contributed by atoms with Gasteiger partial charge in [0.05, 0.1) is 5.69 Å². The first-order valence-electron chi connectivity index (χ1n) is 10.0. The Morgan fingerprint density at radius 3 is 2.29 bits per heavy atom. The molecule has 31 heavy (non-hydrogen) atoms. The number of carbonyl (C=O) groups excluding carboxylic acids is 2. The highest BCUT2D eigenvalue weighted by Crippen LogP contribution is 2.32. The molecule has 0 aliphatic rings. The first-order chi connectivity index (χ1) is 15.2. The van der Waals surface area contributed by atoms with Gasteiger partial charge in [0.1, 0.15) is 0 Å². The summed E-state index contributed by atoms with van der Waals surface area (Å²) in [6, 6.07) is 31.5. The summed E-state index contributed by atoms with van der Waals surface area (Å²) in [5.74, 6) is -0.00528. The van der Waals surface area contributed by atoms with Crippen molar-refractivity contribution in [3.63, 3.8) is 0 Å². The van der Waals surface area contributed by atoms with Crippen molar-refractivity contribution in [1.29, 1.82) is 0 Å². The molecule has 0 spiro atoms. The summed E-state index contributed by atoms with van der Waals surface area (Å²) in [7, 11) is 0. The van der Waals surface area contributed by atoms with E-state index in [1.807, 2.05) is 104 Å². The van der Waals surface area contributed by atoms with Gasteiger partial charge in [-0.2, -0.15) is 0 Å². The van der Waals surface area contributed by atoms with Crippen LogP contribution in [0.2, 0.25) is 0 Å². The zero-order valence-electron chi connectivity index (χ0n) is 17.2. The van der Waals surface area contributed by atoms with Crippen LogP contribution in [-0.2, 0) is 4.79 Å². The van der Waals surface area contributed by atoms with Gasteiger partial charge < -0.3 is 10.6 Å². The molecule has 0 saturated heterocycles. The van der Waals surface area contributed by atoms with E-state index in [-0.39, 0.29) is 5.91 Å². The van der Waals surface area contributed by atoms with Crippen LogP contribution in [-0.4, -0.2) is 18.9 Å². The van der Waals surface area contributed by atoms with Crippen LogP contribution >= 0.6 is 11.8 Å². The average molecular weight is 429 g/mol. The molecule has 4 aromatic carbocycles. The minimum Gasteiger partial charge on any atom is -0.352 e. The first-order valence-corrected chi connectivity index (χ1v) is 10.8. The number of amides is 2. The fourth-order valence-electron chi connectivity index (χ4n) is 3.03. The number of carbonyl (C=O) groups is 2. The highest BCUT2D eigenvalue weighted by atomic mass is 32.2. The van der Waals surface area contributed by atoms with Gasteiger partial charge in [0.15, 0.2) is 0 Å². The monoisotopic (exact) mass is 428 g/mol. The third-order valence-electron chi connectivity index (χ3n) is 4.44. The third kappa shape index (κ3) is 6.20. The molecular formula is C26H24N2O2S. The summed E-state index contributed by atoms with van der Waals surface area (Å²) in [5, 5.41) is 7.61. The molecule has 0 bridgehead atoms. The molecule has 4 aromatic rings. The molecular weight excluding hydrogens is 404 g/mol. The number of hydrogen-bond donors (Lipinski definition) is 2. The van der Waals surface area contributed by atoms with E-state index in [4.69, 9.17) is 0 Å². The van der Waals surface area contributed by atoms with Crippen LogP contribution in [0, 0.1) is 0 Å². The molecule has 156 valence electrons. The van der Waals surface area contributed by atoms with Gasteiger partial charge in [-0.3, -0.25) is 9.59 Å². The lowest BCUT2D eigenvalue weighted by Crippen LogP contribution is -2.22. The molecule has 4 nitrogen and oxygen atoms in total. The van der Waals surface area contributed by atoms with Crippen molar-refractivity contribution < 1.29 is 9.59 Å². The van der Waals surface area contributed by atoms with Crippen LogP contribution < -0.4 is 10.6 Å². The molecule has 0 aromatic heterocycles. The second-order valence-corrected chi connectivity index (χ2v) is 7.67. The molecule has 2 amide bonds. The lowest BCUT2D eigenvalue weighted by Gasteiger charge is -2.07. The van der Waals surface area contributed by atoms with E-state index in [0.717, 1.165) is 31.8 Å². The Balaban J connectivity index is 0.000000176. The maximum atomic E-state index is 11.7. The molecule has 0 atom stereocenters. The van der Waals surface area contributed by atoms with Crippen molar-refractivity contribution in [2.75, 3.05) is 11.9 Å². The predicted molar refractivity (Wildman–Crippen MR) is 129 cm³/mol. The number of fused-ring (bicyclic) bond motifs is 1. The first kappa shape index (κ1) is 22.1. The minimum absolute atomic E-state index is 0.00528. The zero-order chi connectivity index (χ0) is 21.9. The zero-order valence-corrected chi connectivity index (χ0v) is 18.1. The Kier molecular flexibility index (Phi) is 8.26. The summed E-state index contributed by atoms with van der Waals surface area (Å²) in [6.45, 7) is 2.57. The van der Waals surface area contributed by atoms with Gasteiger partial charge in [-0.05, 0) is 48.0 Å². The fraction of sp³-hybridized carbons (Fsp3) is 0.0769. The maximum Gasteiger partial charge on any atom is 0.251 e. The van der Waals surface area contributed by atoms with Crippen LogP contribution in [0.5, 0.6) is 0 Å². The van der Waals surface area contributed by atoms with E-state index in [2.05, 4.69) is 10.6 Å². The topological polar surface area (TPSA) is 58.2 Å². The van der Waals surface area contributed by atoms with Gasteiger partial charge in [0, 0.05) is 21.9 Å². The number of benzene rings is 4. The fourth-order valence-corrected chi connectivity index (χ4v) is 3.96. The van der Waals surface area contributed by atoms with Crippen LogP contribution in [0.3, 0.4) is 0 Å². The molecule has 0 radical (unpaired) electrons. The second kappa shape index (κ2) is 11.6. The van der Waals surface area contributed by atoms with E-state index < -0.39 is 0 Å². The van der Waals surface area contributed by atoms with E-state index in [1.54, 1.807) is 11.8 Å². The molecule has 0 saturated carbocycles. The van der Waals surface area contributed by atoms with Crippen molar-refractivity contribution in [2.45, 2.75) is 16.7 Å². The highest BCUT2D eigenvalue weighted by Gasteiger charge is 2.07. The average Bonchev–Trinajstić information content (AvgIpc) is 2.81. The summed E-state index contributed by atoms with van der Waals surface area (Å²) in [6.07, 6.45) is 0.699. The summed E-state index contributed by atoms with van der Waals surface area (Å²) >= 11 is 1.63. The molecule has 5 heteroatoms. The van der Waals surface area contributed by atoms with Crippen LogP contribution in [0.1, 0.15) is 17.3 Å². The van der Waals surface area contributed by atoms with Crippen molar-refractivity contribution in [3.8, 4) is 0 Å². The van der Waals surface area contributed by atoms with Crippen molar-refractivity contribution >= 4 is 40.5 Å². The Bertz CT molecular complexity index is 1140. The summed E-state index contributed by atoms with van der Waals surface area (Å²) in [5.41, 5.74) is 1.58. The number of anilines is 1. The standard InChI is InChI=1S/C13H11NOS.C13H13NO/c15-10-14-12-8-4-5-9-13(12)16-11-6-2-1-3-7-11;1-2-14-13(15)12-9-5-7-10-6-3-4-8-11(10)12/h1-10H,(H,14,15);3-9H,2H2,1H3,(H,14,15). The summed E-state index contributed by atoms with van der Waals surface area (Å²) in [4.78, 5) is 24.4. The molecule has 2 N–H and O–H groups in total. The number of para-hydroxylation sites is 1. The number of nitrogens with one attached hydrogen (secondary N) is 2. The molecule has 0 aliphatic carbocycles. The summed E-state index contributed by atoms with van der Waals surface area (Å²) < 4.78 is 0. The number of hydrogen-bond acceptors (Lipinski definition) is 3. The van der Waals surface area contributed by atoms with Gasteiger partial charge in [0.2, 0.25) is 6.41 Å². The van der Waals surface area contributed by atoms with Gasteiger partial charge in [0.25, 0.3) is 5.91 Å². The van der Waals surface area contributed by atoms with E-state index in [0.29, 0.717) is 13.0 Å². The quantitative estimate of drug-likeness (QED) is 0.371. The normalized spacial score (nSPS) is 9.97. The van der Waals surface area contributed by atoms with Crippen molar-refractivity contribution in [3.05, 3.63) is 103 Å². The maximum absolute atomic E-state index is 11.7. The van der Waals surface area contributed by atoms with Gasteiger partial charge >= 0.3 is 0 Å². The van der Waals surface area contributed by atoms with Crippen LogP contribution in [0.15, 0.2) is 107 Å². The molecule has 4 rings (SSSR count). The van der Waals surface area contributed by atoms with Gasteiger partial charge in [-0.1, -0.05) is 78.5 Å². The highest BCUT2D eigenvalue weighted by molar-refractivity contribution is 7.99.